The third kappa shape index (κ3) is 2.32. The van der Waals surface area contributed by atoms with E-state index in [4.69, 9.17) is 5.73 Å². The lowest BCUT2D eigenvalue weighted by Crippen LogP contribution is -2.38. The molecule has 4 heteroatoms. The van der Waals surface area contributed by atoms with Crippen LogP contribution in [0.15, 0.2) is 28.7 Å². The van der Waals surface area contributed by atoms with Crippen LogP contribution in [0.5, 0.6) is 0 Å². The molecule has 1 unspecified atom stereocenters. The average molecular weight is 323 g/mol. The number of hydrogen-bond donors (Lipinski definition) is 1. The van der Waals surface area contributed by atoms with Crippen molar-refractivity contribution in [2.45, 2.75) is 24.7 Å². The summed E-state index contributed by atoms with van der Waals surface area (Å²) in [6, 6.07) is 8.18. The summed E-state index contributed by atoms with van der Waals surface area (Å²) >= 11 is 3.49. The third-order valence-electron chi connectivity index (χ3n) is 4.44. The molecule has 1 aromatic carbocycles. The smallest absolute Gasteiger partial charge is 0.233 e. The van der Waals surface area contributed by atoms with E-state index in [1.165, 1.54) is 0 Å². The van der Waals surface area contributed by atoms with Crippen LogP contribution >= 0.6 is 15.9 Å². The van der Waals surface area contributed by atoms with E-state index in [0.29, 0.717) is 18.4 Å². The Bertz CT molecular complexity index is 499. The summed E-state index contributed by atoms with van der Waals surface area (Å²) in [5.41, 5.74) is 6.62. The lowest BCUT2D eigenvalue weighted by molar-refractivity contribution is -0.133. The van der Waals surface area contributed by atoms with E-state index in [9.17, 15) is 4.79 Å². The largest absolute Gasteiger partial charge is 0.342 e. The molecule has 102 valence electrons. The second-order valence-electron chi connectivity index (χ2n) is 5.73. The lowest BCUT2D eigenvalue weighted by atomic mass is 9.94. The zero-order chi connectivity index (χ0) is 13.5. The summed E-state index contributed by atoms with van der Waals surface area (Å²) in [4.78, 5) is 14.8. The monoisotopic (exact) mass is 322 g/mol. The van der Waals surface area contributed by atoms with Crippen LogP contribution in [-0.2, 0) is 10.2 Å². The molecule has 1 aromatic rings. The van der Waals surface area contributed by atoms with E-state index in [0.717, 1.165) is 42.4 Å². The minimum absolute atomic E-state index is 0.243. The van der Waals surface area contributed by atoms with Gasteiger partial charge in [-0.2, -0.15) is 0 Å². The SMILES string of the molecule is NCC1CCN(C(=O)C2(c3cccc(Br)c3)CC2)C1. The van der Waals surface area contributed by atoms with Crippen LogP contribution in [0.2, 0.25) is 0 Å². The molecule has 1 aliphatic carbocycles. The van der Waals surface area contributed by atoms with Gasteiger partial charge >= 0.3 is 0 Å². The maximum atomic E-state index is 12.8. The molecule has 2 N–H and O–H groups in total. The molecular formula is C15H19BrN2O. The van der Waals surface area contributed by atoms with Crippen molar-refractivity contribution in [3.63, 3.8) is 0 Å². The first-order chi connectivity index (χ1) is 9.15. The zero-order valence-electron chi connectivity index (χ0n) is 10.9. The van der Waals surface area contributed by atoms with Gasteiger partial charge in [0.05, 0.1) is 5.41 Å². The summed E-state index contributed by atoms with van der Waals surface area (Å²) < 4.78 is 1.05. The number of hydrogen-bond acceptors (Lipinski definition) is 2. The fourth-order valence-electron chi connectivity index (χ4n) is 3.05. The van der Waals surface area contributed by atoms with Crippen LogP contribution in [0.4, 0.5) is 0 Å². The Morgan fingerprint density at radius 3 is 2.84 bits per heavy atom. The second kappa shape index (κ2) is 4.91. The maximum absolute atomic E-state index is 12.8. The third-order valence-corrected chi connectivity index (χ3v) is 4.94. The van der Waals surface area contributed by atoms with E-state index in [-0.39, 0.29) is 5.41 Å². The lowest BCUT2D eigenvalue weighted by Gasteiger charge is -2.23. The van der Waals surface area contributed by atoms with Crippen molar-refractivity contribution in [3.8, 4) is 0 Å². The van der Waals surface area contributed by atoms with Crippen LogP contribution in [0.3, 0.4) is 0 Å². The van der Waals surface area contributed by atoms with Gasteiger partial charge in [0.25, 0.3) is 0 Å². The molecule has 0 radical (unpaired) electrons. The number of amides is 1. The zero-order valence-corrected chi connectivity index (χ0v) is 12.5. The van der Waals surface area contributed by atoms with Gasteiger partial charge in [-0.3, -0.25) is 4.79 Å². The first-order valence-corrected chi connectivity index (χ1v) is 7.70. The van der Waals surface area contributed by atoms with Gasteiger partial charge < -0.3 is 10.6 Å². The molecule has 3 rings (SSSR count). The van der Waals surface area contributed by atoms with E-state index in [1.807, 2.05) is 17.0 Å². The molecule has 0 aromatic heterocycles. The van der Waals surface area contributed by atoms with E-state index in [2.05, 4.69) is 28.1 Å². The highest BCUT2D eigenvalue weighted by Crippen LogP contribution is 2.50. The van der Waals surface area contributed by atoms with E-state index < -0.39 is 0 Å². The first-order valence-electron chi connectivity index (χ1n) is 6.91. The van der Waals surface area contributed by atoms with Crippen molar-refractivity contribution in [3.05, 3.63) is 34.3 Å². The highest BCUT2D eigenvalue weighted by atomic mass is 79.9. The molecule has 1 amide bonds. The summed E-state index contributed by atoms with van der Waals surface area (Å²) in [5, 5.41) is 0. The Labute approximate surface area is 122 Å². The minimum atomic E-state index is -0.243. The molecule has 3 nitrogen and oxygen atoms in total. The van der Waals surface area contributed by atoms with Crippen LogP contribution in [-0.4, -0.2) is 30.4 Å². The van der Waals surface area contributed by atoms with Crippen LogP contribution in [0, 0.1) is 5.92 Å². The van der Waals surface area contributed by atoms with Gasteiger partial charge in [0.1, 0.15) is 0 Å². The number of nitrogens with two attached hydrogens (primary N) is 1. The number of likely N-dealkylation sites (tertiary alicyclic amines) is 1. The standard InChI is InChI=1S/C15H19BrN2O/c16-13-3-1-2-12(8-13)15(5-6-15)14(19)18-7-4-11(9-17)10-18/h1-3,8,11H,4-7,9-10,17H2. The van der Waals surface area contributed by atoms with Crippen molar-refractivity contribution >= 4 is 21.8 Å². The highest BCUT2D eigenvalue weighted by Gasteiger charge is 2.53. The summed E-state index contributed by atoms with van der Waals surface area (Å²) in [7, 11) is 0. The molecule has 0 spiro atoms. The Hall–Kier alpha value is -0.870. The molecular weight excluding hydrogens is 304 g/mol. The Morgan fingerprint density at radius 1 is 1.47 bits per heavy atom. The topological polar surface area (TPSA) is 46.3 Å². The number of carbonyl (C=O) groups is 1. The normalized spacial score (nSPS) is 24.5. The first kappa shape index (κ1) is 13.1. The van der Waals surface area contributed by atoms with Gasteiger partial charge in [0, 0.05) is 17.6 Å². The van der Waals surface area contributed by atoms with Crippen molar-refractivity contribution in [2.24, 2.45) is 11.7 Å². The molecule has 1 heterocycles. The molecule has 1 aliphatic heterocycles. The van der Waals surface area contributed by atoms with Crippen LogP contribution in [0.25, 0.3) is 0 Å². The van der Waals surface area contributed by atoms with Crippen LogP contribution in [0.1, 0.15) is 24.8 Å². The molecule has 2 fully saturated rings. The number of benzene rings is 1. The van der Waals surface area contributed by atoms with Gasteiger partial charge in [0.15, 0.2) is 0 Å². The van der Waals surface area contributed by atoms with Crippen molar-refractivity contribution in [1.82, 2.24) is 4.90 Å². The summed E-state index contributed by atoms with van der Waals surface area (Å²) in [6.45, 7) is 2.40. The van der Waals surface area contributed by atoms with Gasteiger partial charge in [0.2, 0.25) is 5.91 Å². The summed E-state index contributed by atoms with van der Waals surface area (Å²) in [5.74, 6) is 0.795. The molecule has 1 saturated heterocycles. The maximum Gasteiger partial charge on any atom is 0.233 e. The summed E-state index contributed by atoms with van der Waals surface area (Å²) in [6.07, 6.45) is 3.01. The number of carbonyl (C=O) groups excluding carboxylic acids is 1. The van der Waals surface area contributed by atoms with Crippen LogP contribution < -0.4 is 5.73 Å². The van der Waals surface area contributed by atoms with Crippen molar-refractivity contribution in [2.75, 3.05) is 19.6 Å². The van der Waals surface area contributed by atoms with Gasteiger partial charge in [-0.05, 0) is 49.4 Å². The van der Waals surface area contributed by atoms with Crippen molar-refractivity contribution in [1.29, 1.82) is 0 Å². The molecule has 1 saturated carbocycles. The molecule has 0 bridgehead atoms. The minimum Gasteiger partial charge on any atom is -0.342 e. The number of halogens is 1. The predicted molar refractivity (Wildman–Crippen MR) is 78.8 cm³/mol. The molecule has 1 atom stereocenters. The fourth-order valence-corrected chi connectivity index (χ4v) is 3.45. The molecule has 2 aliphatic rings. The Morgan fingerprint density at radius 2 is 2.26 bits per heavy atom. The quantitative estimate of drug-likeness (QED) is 0.928. The van der Waals surface area contributed by atoms with Gasteiger partial charge in [-0.1, -0.05) is 28.1 Å². The molecule has 19 heavy (non-hydrogen) atoms. The van der Waals surface area contributed by atoms with Gasteiger partial charge in [-0.25, -0.2) is 0 Å². The van der Waals surface area contributed by atoms with E-state index in [1.54, 1.807) is 0 Å². The predicted octanol–water partition coefficient (Wildman–Crippen LogP) is 2.29. The van der Waals surface area contributed by atoms with Gasteiger partial charge in [-0.15, -0.1) is 0 Å². The second-order valence-corrected chi connectivity index (χ2v) is 6.65. The average Bonchev–Trinajstić information content (AvgIpc) is 3.09. The fraction of sp³-hybridized carbons (Fsp3) is 0.533. The van der Waals surface area contributed by atoms with Crippen molar-refractivity contribution < 1.29 is 4.79 Å². The number of nitrogens with zero attached hydrogens (tertiary/aromatic N) is 1. The highest BCUT2D eigenvalue weighted by molar-refractivity contribution is 9.10. The Balaban J connectivity index is 1.80. The number of rotatable bonds is 3. The Kier molecular flexibility index (Phi) is 3.39. The van der Waals surface area contributed by atoms with E-state index >= 15 is 0 Å².